The van der Waals surface area contributed by atoms with Gasteiger partial charge >= 0.3 is 24.3 Å². The fourth-order valence-electron chi connectivity index (χ4n) is 0. The summed E-state index contributed by atoms with van der Waals surface area (Å²) in [5.74, 6) is 0. The van der Waals surface area contributed by atoms with Crippen LogP contribution < -0.4 is 0 Å². The molecule has 9 heavy (non-hydrogen) atoms. The molecule has 0 rings (SSSR count). The summed E-state index contributed by atoms with van der Waals surface area (Å²) >= 11 is -0.639. The summed E-state index contributed by atoms with van der Waals surface area (Å²) in [7, 11) is 9.81. The Hall–Kier alpha value is 1.14. The second kappa shape index (κ2) is 7.25. The van der Waals surface area contributed by atoms with Gasteiger partial charge in [-0.1, -0.05) is 0 Å². The maximum atomic E-state index is 10.7. The van der Waals surface area contributed by atoms with Gasteiger partial charge in [0, 0.05) is 6.42 Å². The Labute approximate surface area is 69.0 Å². The summed E-state index contributed by atoms with van der Waals surface area (Å²) in [5, 5.41) is 0. The third kappa shape index (κ3) is 27.2. The highest BCUT2D eigenvalue weighted by Crippen LogP contribution is 2.17. The van der Waals surface area contributed by atoms with Crippen LogP contribution in [0, 0.1) is 6.92 Å². The molecule has 0 atom stereocenters. The molecule has 0 fully saturated rings. The smallest absolute Gasteiger partial charge is 0.309 e. The van der Waals surface area contributed by atoms with Gasteiger partial charge in [-0.2, -0.15) is 13.2 Å². The van der Waals surface area contributed by atoms with Gasteiger partial charge in [-0.25, -0.2) is 0 Å². The molecule has 53 valence electrons. The van der Waals surface area contributed by atoms with Crippen molar-refractivity contribution in [3.8, 4) is 0 Å². The normalized spacial score (nSPS) is 9.11. The van der Waals surface area contributed by atoms with E-state index in [0.717, 1.165) is 0 Å². The number of halogens is 5. The van der Waals surface area contributed by atoms with E-state index < -0.39 is 30.8 Å². The number of hydrogen-bond donors (Lipinski definition) is 0. The molecule has 0 nitrogen and oxygen atoms in total. The fourth-order valence-corrected chi connectivity index (χ4v) is 0. The zero-order chi connectivity index (χ0) is 7.91. The quantitative estimate of drug-likeness (QED) is 0.518. The minimum absolute atomic E-state index is 0.639. The standard InChI is InChI=1S/C3H4F3.2ClH.Mg/c1-2-3(4,5)6;;;/h1-2H2;2*1H;/q;;;+2/p-2. The minimum Gasteiger partial charge on any atom is -0.309 e. The molecule has 0 aromatic heterocycles. The summed E-state index contributed by atoms with van der Waals surface area (Å²) < 4.78 is 32.2. The largest absolute Gasteiger partial charge is 0.618 e. The maximum Gasteiger partial charge on any atom is 0.618 e. The molecular weight excluding hydrogens is 188 g/mol. The minimum atomic E-state index is -4.07. The Balaban J connectivity index is 0. The fraction of sp³-hybridized carbons (Fsp3) is 0.667. The molecule has 1 radical (unpaired) electrons. The Bertz CT molecular complexity index is 55.5. The van der Waals surface area contributed by atoms with Crippen LogP contribution in [-0.2, 0) is 0 Å². The van der Waals surface area contributed by atoms with Crippen molar-refractivity contribution in [3.05, 3.63) is 6.92 Å². The van der Waals surface area contributed by atoms with E-state index in [1.54, 1.807) is 0 Å². The number of alkyl halides is 3. The Morgan fingerprint density at radius 1 is 1.33 bits per heavy atom. The zero-order valence-electron chi connectivity index (χ0n) is 4.51. The first kappa shape index (κ1) is 12.8. The van der Waals surface area contributed by atoms with Crippen LogP contribution in [0.2, 0.25) is 0 Å². The predicted molar refractivity (Wildman–Crippen MR) is 33.5 cm³/mol. The lowest BCUT2D eigenvalue weighted by atomic mass is 10.5. The van der Waals surface area contributed by atoms with Gasteiger partial charge in [0.1, 0.15) is 0 Å². The van der Waals surface area contributed by atoms with Crippen molar-refractivity contribution in [2.75, 3.05) is 0 Å². The summed E-state index contributed by atoms with van der Waals surface area (Å²) in [6, 6.07) is 0. The van der Waals surface area contributed by atoms with E-state index in [4.69, 9.17) is 18.1 Å². The molecule has 0 bridgehead atoms. The monoisotopic (exact) mass is 191 g/mol. The van der Waals surface area contributed by atoms with Crippen molar-refractivity contribution >= 4 is 36.3 Å². The van der Waals surface area contributed by atoms with Gasteiger partial charge in [0.05, 0.1) is 0 Å². The molecule has 0 saturated carbocycles. The van der Waals surface area contributed by atoms with Crippen LogP contribution in [0.15, 0.2) is 0 Å². The van der Waals surface area contributed by atoms with Crippen molar-refractivity contribution in [2.45, 2.75) is 12.6 Å². The van der Waals surface area contributed by atoms with Crippen LogP contribution in [0.1, 0.15) is 6.42 Å². The van der Waals surface area contributed by atoms with Crippen LogP contribution in [0.5, 0.6) is 0 Å². The van der Waals surface area contributed by atoms with E-state index in [1.165, 1.54) is 0 Å². The van der Waals surface area contributed by atoms with Gasteiger partial charge in [-0.05, 0) is 6.92 Å². The van der Waals surface area contributed by atoms with E-state index in [-0.39, 0.29) is 0 Å². The second-order valence-corrected chi connectivity index (χ2v) is 3.59. The lowest BCUT2D eigenvalue weighted by Crippen LogP contribution is -2.02. The SMILES string of the molecule is [CH2]CC(F)(F)F.[Cl][Mg][Cl]. The first-order valence-corrected chi connectivity index (χ1v) is 6.23. The summed E-state index contributed by atoms with van der Waals surface area (Å²) in [5.41, 5.74) is 0. The van der Waals surface area contributed by atoms with Crippen molar-refractivity contribution in [2.24, 2.45) is 0 Å². The predicted octanol–water partition coefficient (Wildman–Crippen LogP) is 2.77. The van der Waals surface area contributed by atoms with E-state index in [2.05, 4.69) is 6.92 Å². The summed E-state index contributed by atoms with van der Waals surface area (Å²) in [4.78, 5) is 0. The highest BCUT2D eigenvalue weighted by atomic mass is 35.6. The van der Waals surface area contributed by atoms with Crippen LogP contribution in [0.25, 0.3) is 0 Å². The van der Waals surface area contributed by atoms with Crippen LogP contribution in [-0.4, -0.2) is 24.3 Å². The molecule has 0 aromatic carbocycles. The average molecular weight is 192 g/mol. The van der Waals surface area contributed by atoms with Crippen molar-refractivity contribution in [1.29, 1.82) is 0 Å². The summed E-state index contributed by atoms with van der Waals surface area (Å²) in [6.07, 6.45) is -5.05. The topological polar surface area (TPSA) is 0 Å². The van der Waals surface area contributed by atoms with Gasteiger partial charge in [0.15, 0.2) is 0 Å². The van der Waals surface area contributed by atoms with Gasteiger partial charge < -0.3 is 18.1 Å². The first-order chi connectivity index (χ1) is 3.97. The van der Waals surface area contributed by atoms with E-state index in [9.17, 15) is 13.2 Å². The number of rotatable bonds is 0. The van der Waals surface area contributed by atoms with Crippen LogP contribution in [0.4, 0.5) is 13.2 Å². The van der Waals surface area contributed by atoms with Gasteiger partial charge in [-0.3, -0.25) is 0 Å². The molecule has 0 amide bonds. The lowest BCUT2D eigenvalue weighted by Gasteiger charge is -1.96. The molecule has 0 heterocycles. The van der Waals surface area contributed by atoms with Gasteiger partial charge in [0.25, 0.3) is 0 Å². The van der Waals surface area contributed by atoms with Crippen LogP contribution >= 0.6 is 18.1 Å². The first-order valence-electron chi connectivity index (χ1n) is 1.96. The lowest BCUT2D eigenvalue weighted by molar-refractivity contribution is -0.125. The van der Waals surface area contributed by atoms with E-state index >= 15 is 0 Å². The van der Waals surface area contributed by atoms with E-state index in [0.29, 0.717) is 0 Å². The molecular formula is C3H4Cl2F3Mg. The molecule has 0 aliphatic carbocycles. The Morgan fingerprint density at radius 2 is 1.44 bits per heavy atom. The Kier molecular flexibility index (Phi) is 10.3. The molecule has 0 aliphatic rings. The highest BCUT2D eigenvalue weighted by molar-refractivity contribution is 7.22. The molecule has 6 heteroatoms. The molecule has 0 spiro atoms. The number of hydrogen-bond acceptors (Lipinski definition) is 0. The van der Waals surface area contributed by atoms with Crippen molar-refractivity contribution < 1.29 is 13.2 Å². The maximum absolute atomic E-state index is 10.7. The molecule has 0 saturated heterocycles. The zero-order valence-corrected chi connectivity index (χ0v) is 7.44. The average Bonchev–Trinajstić information content (AvgIpc) is 1.67. The molecule has 0 N–H and O–H groups in total. The van der Waals surface area contributed by atoms with Crippen LogP contribution in [0.3, 0.4) is 0 Å². The Morgan fingerprint density at radius 3 is 1.44 bits per heavy atom. The third-order valence-corrected chi connectivity index (χ3v) is 0.283. The van der Waals surface area contributed by atoms with Gasteiger partial charge in [0.2, 0.25) is 0 Å². The molecule has 0 aromatic rings. The summed E-state index contributed by atoms with van der Waals surface area (Å²) in [6.45, 7) is 2.63. The second-order valence-electron chi connectivity index (χ2n) is 0.966. The van der Waals surface area contributed by atoms with Gasteiger partial charge in [-0.15, -0.1) is 0 Å². The van der Waals surface area contributed by atoms with E-state index in [1.807, 2.05) is 0 Å². The highest BCUT2D eigenvalue weighted by Gasteiger charge is 2.22. The van der Waals surface area contributed by atoms with Crippen molar-refractivity contribution in [1.82, 2.24) is 0 Å². The van der Waals surface area contributed by atoms with Crippen molar-refractivity contribution in [3.63, 3.8) is 0 Å². The third-order valence-electron chi connectivity index (χ3n) is 0.283. The molecule has 0 aliphatic heterocycles. The molecule has 0 unspecified atom stereocenters.